The van der Waals surface area contributed by atoms with Crippen molar-refractivity contribution in [2.75, 3.05) is 0 Å². The molecule has 23 valence electrons. The van der Waals surface area contributed by atoms with Crippen molar-refractivity contribution < 1.29 is 19.9 Å². The molecule has 0 aliphatic carbocycles. The molecule has 9 radical (unpaired) electrons. The van der Waals surface area contributed by atoms with E-state index in [1.807, 2.05) is 0 Å². The van der Waals surface area contributed by atoms with E-state index < -0.39 is 0 Å². The van der Waals surface area contributed by atoms with Gasteiger partial charge in [0.05, 0.1) is 0 Å². The molecule has 0 heterocycles. The average Bonchev–Trinajstić information content (AvgIpc) is 0. The number of hydrogen-bond acceptors (Lipinski definition) is 0. The summed E-state index contributed by atoms with van der Waals surface area (Å²) in [7, 11) is 0. The topological polar surface area (TPSA) is 0 Å². The van der Waals surface area contributed by atoms with Gasteiger partial charge in [-0.2, -0.15) is 0 Å². The molecular formula is H2CuGeMgSi. The van der Waals surface area contributed by atoms with Gasteiger partial charge in [0.25, 0.3) is 0 Å². The summed E-state index contributed by atoms with van der Waals surface area (Å²) in [6.45, 7) is 0. The Balaban J connectivity index is 0. The minimum absolute atomic E-state index is 0. The molecule has 0 unspecified atom stereocenters. The summed E-state index contributed by atoms with van der Waals surface area (Å²) in [5.41, 5.74) is 0. The first kappa shape index (κ1) is 36.8. The van der Waals surface area contributed by atoms with Crippen molar-refractivity contribution in [3.63, 3.8) is 0 Å². The molecule has 0 saturated heterocycles. The maximum absolute atomic E-state index is 0. The van der Waals surface area contributed by atoms with Crippen LogP contribution in [0.3, 0.4) is 0 Å². The summed E-state index contributed by atoms with van der Waals surface area (Å²) in [5.74, 6) is 0. The van der Waals surface area contributed by atoms with Crippen LogP contribution < -0.4 is 0 Å². The van der Waals surface area contributed by atoms with Gasteiger partial charge in [-0.3, -0.25) is 0 Å². The summed E-state index contributed by atoms with van der Waals surface area (Å²) >= 11 is 0. The molecule has 0 atom stereocenters. The molecule has 0 aliphatic heterocycles. The van der Waals surface area contributed by atoms with Crippen LogP contribution in [0, 0.1) is 0 Å². The number of rotatable bonds is 0. The Hall–Kier alpha value is 2.05. The second-order valence-electron chi connectivity index (χ2n) is 0. The Kier molecular flexibility index (Phi) is 181. The molecule has 0 spiro atoms. The third kappa shape index (κ3) is 8.97. The van der Waals surface area contributed by atoms with Gasteiger partial charge in [-0.1, -0.05) is 0 Å². The fraction of sp³-hybridized carbons (Fsp3) is 0. The minimum atomic E-state index is 0. The SMILES string of the molecule is [Cu].[Ge].[H-].[H-].[Mg+2].[Si]. The van der Waals surface area contributed by atoms with Crippen LogP contribution in [-0.4, -0.2) is 51.6 Å². The zero-order valence-corrected chi connectivity index (χ0v) is 7.46. The van der Waals surface area contributed by atoms with E-state index >= 15 is 0 Å². The van der Waals surface area contributed by atoms with Crippen molar-refractivity contribution in [3.8, 4) is 0 Å². The molecule has 0 saturated carbocycles. The molecule has 0 bridgehead atoms. The third-order valence-electron chi connectivity index (χ3n) is 0. The van der Waals surface area contributed by atoms with Gasteiger partial charge in [-0.05, 0) is 0 Å². The van der Waals surface area contributed by atoms with Gasteiger partial charge in [0.15, 0.2) is 0 Å². The summed E-state index contributed by atoms with van der Waals surface area (Å²) in [6.07, 6.45) is 0. The van der Waals surface area contributed by atoms with Crippen molar-refractivity contribution in [3.05, 3.63) is 0 Å². The predicted octanol–water partition coefficient (Wildman–Crippen LogP) is -0.920. The van der Waals surface area contributed by atoms with E-state index in [-0.39, 0.29) is 71.5 Å². The van der Waals surface area contributed by atoms with Crippen LogP contribution >= 0.6 is 0 Å². The van der Waals surface area contributed by atoms with Gasteiger partial charge in [0, 0.05) is 45.6 Å². The minimum Gasteiger partial charge on any atom is -1.00 e. The Morgan fingerprint density at radius 2 is 1.25 bits per heavy atom. The fourth-order valence-corrected chi connectivity index (χ4v) is 0. The van der Waals surface area contributed by atoms with Gasteiger partial charge in [-0.25, -0.2) is 0 Å². The molecule has 0 rings (SSSR count). The smallest absolute Gasteiger partial charge is 1.00 e. The molecule has 4 heavy (non-hydrogen) atoms. The summed E-state index contributed by atoms with van der Waals surface area (Å²) < 4.78 is 0. The van der Waals surface area contributed by atoms with E-state index in [2.05, 4.69) is 0 Å². The molecule has 0 aromatic rings. The Labute approximate surface area is 71.1 Å². The first-order valence-electron chi connectivity index (χ1n) is 0. The van der Waals surface area contributed by atoms with E-state index in [0.29, 0.717) is 0 Å². The van der Waals surface area contributed by atoms with Crippen LogP contribution in [-0.2, 0) is 17.1 Å². The molecule has 0 nitrogen and oxygen atoms in total. The van der Waals surface area contributed by atoms with Gasteiger partial charge in [0.2, 0.25) is 0 Å². The van der Waals surface area contributed by atoms with E-state index in [0.717, 1.165) is 0 Å². The van der Waals surface area contributed by atoms with E-state index in [1.54, 1.807) is 0 Å². The first-order valence-corrected chi connectivity index (χ1v) is 0. The summed E-state index contributed by atoms with van der Waals surface area (Å²) in [5, 5.41) is 0. The van der Waals surface area contributed by atoms with Crippen LogP contribution in [0.5, 0.6) is 0 Å². The second-order valence-corrected chi connectivity index (χ2v) is 0. The molecule has 4 heteroatoms. The molecule has 0 amide bonds. The van der Waals surface area contributed by atoms with Crippen molar-refractivity contribution >= 4 is 51.6 Å². The third-order valence-corrected chi connectivity index (χ3v) is 0. The maximum atomic E-state index is 0. The standard InChI is InChI=1S/Cu.Ge.Mg.Si.2H/q;;+2;;2*-1. The van der Waals surface area contributed by atoms with Crippen molar-refractivity contribution in [1.82, 2.24) is 0 Å². The Morgan fingerprint density at radius 3 is 1.25 bits per heavy atom. The average molecular weight is 191 g/mol. The maximum Gasteiger partial charge on any atom is 2.00 e. The number of hydrogen-bond donors (Lipinski definition) is 0. The zero-order chi connectivity index (χ0) is 0. The molecule has 0 fully saturated rings. The predicted molar refractivity (Wildman–Crippen MR) is 19.5 cm³/mol. The molecule has 0 aromatic carbocycles. The largest absolute Gasteiger partial charge is 2.00 e. The molecule has 0 aromatic heterocycles. The van der Waals surface area contributed by atoms with Crippen LogP contribution in [0.2, 0.25) is 0 Å². The molecular weight excluding hydrogens is 189 g/mol. The first-order chi connectivity index (χ1) is 0. The summed E-state index contributed by atoms with van der Waals surface area (Å²) in [6, 6.07) is 0. The van der Waals surface area contributed by atoms with Crippen LogP contribution in [0.25, 0.3) is 0 Å². The van der Waals surface area contributed by atoms with Gasteiger partial charge >= 0.3 is 23.1 Å². The second kappa shape index (κ2) is 19.7. The van der Waals surface area contributed by atoms with Gasteiger partial charge in [0.1, 0.15) is 0 Å². The van der Waals surface area contributed by atoms with Crippen LogP contribution in [0.15, 0.2) is 0 Å². The van der Waals surface area contributed by atoms with E-state index in [9.17, 15) is 0 Å². The zero-order valence-electron chi connectivity index (χ0n) is 4.01. The van der Waals surface area contributed by atoms with Crippen LogP contribution in [0.4, 0.5) is 0 Å². The van der Waals surface area contributed by atoms with Crippen molar-refractivity contribution in [2.45, 2.75) is 0 Å². The molecule has 0 aliphatic rings. The fourth-order valence-electron chi connectivity index (χ4n) is 0. The monoisotopic (exact) mass is 191 g/mol. The van der Waals surface area contributed by atoms with E-state index in [1.165, 1.54) is 0 Å². The van der Waals surface area contributed by atoms with Gasteiger partial charge in [-0.15, -0.1) is 0 Å². The normalized spacial score (nSPS) is 0. The van der Waals surface area contributed by atoms with Crippen LogP contribution in [0.1, 0.15) is 2.85 Å². The molecule has 0 N–H and O–H groups in total. The van der Waals surface area contributed by atoms with Gasteiger partial charge < -0.3 is 2.85 Å². The van der Waals surface area contributed by atoms with Crippen molar-refractivity contribution in [1.29, 1.82) is 0 Å². The Morgan fingerprint density at radius 1 is 1.25 bits per heavy atom. The Bertz CT molecular complexity index is 13.5. The van der Waals surface area contributed by atoms with E-state index in [4.69, 9.17) is 0 Å². The quantitative estimate of drug-likeness (QED) is 0.434. The summed E-state index contributed by atoms with van der Waals surface area (Å²) in [4.78, 5) is 0. The van der Waals surface area contributed by atoms with Crippen molar-refractivity contribution in [2.24, 2.45) is 0 Å².